The van der Waals surface area contributed by atoms with E-state index in [1.165, 1.54) is 0 Å². The van der Waals surface area contributed by atoms with Gasteiger partial charge in [-0.05, 0) is 54.3 Å². The second-order valence-corrected chi connectivity index (χ2v) is 7.10. The highest BCUT2D eigenvalue weighted by Gasteiger charge is 2.17. The van der Waals surface area contributed by atoms with Gasteiger partial charge in [0, 0.05) is 11.6 Å². The lowest BCUT2D eigenvalue weighted by Gasteiger charge is -2.17. The molecule has 0 amide bonds. The van der Waals surface area contributed by atoms with Crippen LogP contribution in [0.3, 0.4) is 0 Å². The van der Waals surface area contributed by atoms with Crippen molar-refractivity contribution in [3.63, 3.8) is 0 Å². The molecule has 0 aliphatic heterocycles. The first-order chi connectivity index (χ1) is 15.0. The van der Waals surface area contributed by atoms with Crippen LogP contribution in [0.1, 0.15) is 29.7 Å². The van der Waals surface area contributed by atoms with Gasteiger partial charge in [-0.3, -0.25) is 4.79 Å². The fourth-order valence-corrected chi connectivity index (χ4v) is 3.31. The topological polar surface area (TPSA) is 74.2 Å². The van der Waals surface area contributed by atoms with Gasteiger partial charge >= 0.3 is 0 Å². The average Bonchev–Trinajstić information content (AvgIpc) is 2.78. The molecule has 3 aromatic carbocycles. The summed E-state index contributed by atoms with van der Waals surface area (Å²) in [6, 6.07) is 16.6. The van der Waals surface area contributed by atoms with E-state index in [1.807, 2.05) is 49.4 Å². The predicted molar refractivity (Wildman–Crippen MR) is 118 cm³/mol. The Morgan fingerprint density at radius 3 is 2.23 bits per heavy atom. The third-order valence-corrected chi connectivity index (χ3v) is 5.02. The number of carbonyl (C=O) groups excluding carboxylic acids is 1. The first-order valence-corrected chi connectivity index (χ1v) is 9.83. The first kappa shape index (κ1) is 22.2. The van der Waals surface area contributed by atoms with Crippen molar-refractivity contribution in [2.24, 2.45) is 0 Å². The Morgan fingerprint density at radius 1 is 0.903 bits per heavy atom. The minimum Gasteiger partial charge on any atom is -0.497 e. The molecular formula is C25H26O6. The largest absolute Gasteiger partial charge is 0.497 e. The molecule has 3 aromatic rings. The number of aliphatic hydroxyl groups excluding tert-OH is 1. The van der Waals surface area contributed by atoms with Crippen molar-refractivity contribution in [1.29, 1.82) is 0 Å². The van der Waals surface area contributed by atoms with Crippen LogP contribution in [0.25, 0.3) is 11.1 Å². The maximum absolute atomic E-state index is 11.2. The number of methoxy groups -OCH3 is 2. The van der Waals surface area contributed by atoms with Crippen molar-refractivity contribution in [2.45, 2.75) is 26.6 Å². The summed E-state index contributed by atoms with van der Waals surface area (Å²) in [6.45, 7) is 4.35. The van der Waals surface area contributed by atoms with E-state index >= 15 is 0 Å². The fourth-order valence-electron chi connectivity index (χ4n) is 3.31. The Morgan fingerprint density at radius 2 is 1.65 bits per heavy atom. The molecule has 1 unspecified atom stereocenters. The quantitative estimate of drug-likeness (QED) is 0.497. The summed E-state index contributed by atoms with van der Waals surface area (Å²) in [6.07, 6.45) is -0.568. The zero-order valence-corrected chi connectivity index (χ0v) is 18.0. The minimum absolute atomic E-state index is 0.308. The number of ether oxygens (including phenoxy) is 4. The highest BCUT2D eigenvalue weighted by molar-refractivity contribution is 5.78. The monoisotopic (exact) mass is 422 g/mol. The molecule has 6 nitrogen and oxygen atoms in total. The van der Waals surface area contributed by atoms with Gasteiger partial charge in [-0.25, -0.2) is 0 Å². The minimum atomic E-state index is -0.568. The van der Waals surface area contributed by atoms with Crippen molar-refractivity contribution in [2.75, 3.05) is 14.2 Å². The lowest BCUT2D eigenvalue weighted by molar-refractivity contribution is -0.120. The Bertz CT molecular complexity index is 1040. The van der Waals surface area contributed by atoms with Crippen LogP contribution in [0.2, 0.25) is 0 Å². The standard InChI is InChI=1S/C25H26O6/c1-16-11-19(17(2)27)7-10-21(16)22-12-24(29-4)25(13-23(22)31-15-26)30-14-18-5-8-20(28-3)9-6-18/h5-13,15,17,27H,14H2,1-4H3. The van der Waals surface area contributed by atoms with Crippen LogP contribution >= 0.6 is 0 Å². The SMILES string of the molecule is COc1ccc(COc2cc(OC=O)c(-c3ccc(C(C)O)cc3C)cc2OC)cc1. The molecule has 0 fully saturated rings. The molecular weight excluding hydrogens is 396 g/mol. The third kappa shape index (κ3) is 5.16. The van der Waals surface area contributed by atoms with Gasteiger partial charge in [0.15, 0.2) is 11.5 Å². The van der Waals surface area contributed by atoms with E-state index in [2.05, 4.69) is 0 Å². The van der Waals surface area contributed by atoms with Gasteiger partial charge in [0.1, 0.15) is 18.1 Å². The van der Waals surface area contributed by atoms with Crippen molar-refractivity contribution < 1.29 is 28.8 Å². The van der Waals surface area contributed by atoms with E-state index < -0.39 is 6.10 Å². The van der Waals surface area contributed by atoms with Crippen molar-refractivity contribution in [3.05, 3.63) is 71.3 Å². The molecule has 31 heavy (non-hydrogen) atoms. The predicted octanol–water partition coefficient (Wildman–Crippen LogP) is 4.85. The van der Waals surface area contributed by atoms with E-state index in [0.29, 0.717) is 35.9 Å². The fraction of sp³-hybridized carbons (Fsp3) is 0.240. The second-order valence-electron chi connectivity index (χ2n) is 7.10. The molecule has 3 rings (SSSR count). The van der Waals surface area contributed by atoms with Gasteiger partial charge in [-0.15, -0.1) is 0 Å². The van der Waals surface area contributed by atoms with Crippen LogP contribution in [0.4, 0.5) is 0 Å². The van der Waals surface area contributed by atoms with Gasteiger partial charge in [-0.2, -0.15) is 0 Å². The number of carbonyl (C=O) groups is 1. The second kappa shape index (κ2) is 10.00. The first-order valence-electron chi connectivity index (χ1n) is 9.83. The molecule has 0 heterocycles. The van der Waals surface area contributed by atoms with Crippen LogP contribution in [0.5, 0.6) is 23.0 Å². The van der Waals surface area contributed by atoms with Gasteiger partial charge < -0.3 is 24.1 Å². The van der Waals surface area contributed by atoms with Gasteiger partial charge in [0.25, 0.3) is 6.47 Å². The highest BCUT2D eigenvalue weighted by Crippen LogP contribution is 2.42. The van der Waals surface area contributed by atoms with Gasteiger partial charge in [0.2, 0.25) is 0 Å². The smallest absolute Gasteiger partial charge is 0.298 e. The van der Waals surface area contributed by atoms with E-state index in [9.17, 15) is 9.90 Å². The summed E-state index contributed by atoms with van der Waals surface area (Å²) in [5, 5.41) is 9.83. The summed E-state index contributed by atoms with van der Waals surface area (Å²) >= 11 is 0. The van der Waals surface area contributed by atoms with E-state index in [-0.39, 0.29) is 0 Å². The molecule has 1 N–H and O–H groups in total. The van der Waals surface area contributed by atoms with Crippen molar-refractivity contribution in [1.82, 2.24) is 0 Å². The Hall–Kier alpha value is -3.51. The van der Waals surface area contributed by atoms with E-state index in [1.54, 1.807) is 33.3 Å². The van der Waals surface area contributed by atoms with Gasteiger partial charge in [0.05, 0.1) is 20.3 Å². The number of aryl methyl sites for hydroxylation is 1. The van der Waals surface area contributed by atoms with Crippen LogP contribution in [-0.2, 0) is 11.4 Å². The summed E-state index contributed by atoms with van der Waals surface area (Å²) in [5.74, 6) is 2.09. The molecule has 0 aliphatic carbocycles. The van der Waals surface area contributed by atoms with Gasteiger partial charge in [-0.1, -0.05) is 30.3 Å². The van der Waals surface area contributed by atoms with Crippen LogP contribution in [0, 0.1) is 6.92 Å². The molecule has 0 saturated heterocycles. The van der Waals surface area contributed by atoms with E-state index in [4.69, 9.17) is 18.9 Å². The molecule has 0 spiro atoms. The third-order valence-electron chi connectivity index (χ3n) is 5.02. The number of aliphatic hydroxyl groups is 1. The molecule has 0 aliphatic rings. The maximum atomic E-state index is 11.2. The van der Waals surface area contributed by atoms with Crippen LogP contribution < -0.4 is 18.9 Å². The number of rotatable bonds is 9. The van der Waals surface area contributed by atoms with Crippen molar-refractivity contribution >= 4 is 6.47 Å². The molecule has 0 bridgehead atoms. The van der Waals surface area contributed by atoms with Crippen molar-refractivity contribution in [3.8, 4) is 34.1 Å². The summed E-state index contributed by atoms with van der Waals surface area (Å²) in [4.78, 5) is 11.2. The van der Waals surface area contributed by atoms with E-state index in [0.717, 1.165) is 28.0 Å². The van der Waals surface area contributed by atoms with Crippen LogP contribution in [0.15, 0.2) is 54.6 Å². The Labute approximate surface area is 182 Å². The molecule has 0 saturated carbocycles. The zero-order chi connectivity index (χ0) is 22.4. The molecule has 1 atom stereocenters. The molecule has 162 valence electrons. The zero-order valence-electron chi connectivity index (χ0n) is 18.0. The Balaban J connectivity index is 1.95. The maximum Gasteiger partial charge on any atom is 0.298 e. The number of benzene rings is 3. The number of hydrogen-bond donors (Lipinski definition) is 1. The lowest BCUT2D eigenvalue weighted by Crippen LogP contribution is -2.01. The summed E-state index contributed by atoms with van der Waals surface area (Å²) < 4.78 is 21.9. The average molecular weight is 422 g/mol. The lowest BCUT2D eigenvalue weighted by atomic mass is 9.96. The Kier molecular flexibility index (Phi) is 7.15. The summed E-state index contributed by atoms with van der Waals surface area (Å²) in [5.41, 5.74) is 4.25. The number of hydrogen-bond acceptors (Lipinski definition) is 6. The normalized spacial score (nSPS) is 11.5. The molecule has 6 heteroatoms. The molecule has 0 radical (unpaired) electrons. The van der Waals surface area contributed by atoms with Crippen LogP contribution in [-0.4, -0.2) is 25.8 Å². The highest BCUT2D eigenvalue weighted by atomic mass is 16.5. The summed E-state index contributed by atoms with van der Waals surface area (Å²) in [7, 11) is 3.18. The molecule has 0 aromatic heterocycles.